The number of nitrogens with one attached hydrogen (secondary N) is 2. The second kappa shape index (κ2) is 9.08. The predicted molar refractivity (Wildman–Crippen MR) is 95.0 cm³/mol. The third kappa shape index (κ3) is 5.70. The van der Waals surface area contributed by atoms with Gasteiger partial charge in [0.25, 0.3) is 0 Å². The fraction of sp³-hybridized carbons (Fsp3) is 0.444. The Balaban J connectivity index is 1.89. The van der Waals surface area contributed by atoms with E-state index in [2.05, 4.69) is 22.7 Å². The lowest BCUT2D eigenvalue weighted by molar-refractivity contribution is 0.173. The highest BCUT2D eigenvalue weighted by Crippen LogP contribution is 2.20. The Hall–Kier alpha value is -2.34. The number of hydrogen-bond donors (Lipinski definition) is 3. The zero-order chi connectivity index (χ0) is 17.4. The van der Waals surface area contributed by atoms with Crippen LogP contribution in [0.5, 0.6) is 0 Å². The van der Waals surface area contributed by atoms with E-state index in [1.807, 2.05) is 36.5 Å². The molecule has 0 spiro atoms. The van der Waals surface area contributed by atoms with Crippen molar-refractivity contribution in [3.63, 3.8) is 0 Å². The monoisotopic (exact) mass is 330 g/mol. The Bertz CT molecular complexity index is 625. The second-order valence-corrected chi connectivity index (χ2v) is 6.02. The largest absolute Gasteiger partial charge is 0.393 e. The molecule has 2 atom stereocenters. The number of urea groups is 1. The maximum absolute atomic E-state index is 12.1. The summed E-state index contributed by atoms with van der Waals surface area (Å²) in [5.74, 6) is 0.0692. The number of carbonyl (C=O) groups is 1. The Morgan fingerprint density at radius 3 is 2.75 bits per heavy atom. The molecule has 2 aromatic rings. The van der Waals surface area contributed by atoms with Gasteiger partial charge in [-0.1, -0.05) is 37.3 Å². The first-order valence-corrected chi connectivity index (χ1v) is 8.38. The first kappa shape index (κ1) is 18.0. The number of aryl methyl sites for hydroxylation is 1. The van der Waals surface area contributed by atoms with Crippen LogP contribution in [0.4, 0.5) is 10.5 Å². The van der Waals surface area contributed by atoms with E-state index in [-0.39, 0.29) is 11.9 Å². The van der Waals surface area contributed by atoms with Crippen molar-refractivity contribution >= 4 is 11.7 Å². The summed E-state index contributed by atoms with van der Waals surface area (Å²) in [5, 5.41) is 19.5. The Kier molecular flexibility index (Phi) is 6.81. The zero-order valence-electron chi connectivity index (χ0n) is 14.3. The molecule has 2 rings (SSSR count). The Labute approximate surface area is 142 Å². The van der Waals surface area contributed by atoms with E-state index >= 15 is 0 Å². The maximum atomic E-state index is 12.1. The van der Waals surface area contributed by atoms with Gasteiger partial charge in [0, 0.05) is 25.2 Å². The second-order valence-electron chi connectivity index (χ2n) is 6.02. The number of carbonyl (C=O) groups excluding carboxylic acids is 1. The minimum Gasteiger partial charge on any atom is -0.393 e. The molecule has 0 radical (unpaired) electrons. The molecule has 1 aromatic heterocycles. The van der Waals surface area contributed by atoms with Crippen molar-refractivity contribution in [3.05, 3.63) is 48.3 Å². The van der Waals surface area contributed by atoms with Gasteiger partial charge in [0.1, 0.15) is 0 Å². The summed E-state index contributed by atoms with van der Waals surface area (Å²) in [4.78, 5) is 12.1. The van der Waals surface area contributed by atoms with Crippen LogP contribution in [-0.4, -0.2) is 33.6 Å². The van der Waals surface area contributed by atoms with E-state index in [4.69, 9.17) is 0 Å². The highest BCUT2D eigenvalue weighted by atomic mass is 16.3. The molecule has 6 heteroatoms. The molecule has 1 aromatic carbocycles. The highest BCUT2D eigenvalue weighted by molar-refractivity contribution is 5.88. The van der Waals surface area contributed by atoms with Gasteiger partial charge in [-0.25, -0.2) is 4.79 Å². The Morgan fingerprint density at radius 2 is 2.08 bits per heavy atom. The van der Waals surface area contributed by atoms with E-state index in [0.717, 1.165) is 18.5 Å². The average molecular weight is 330 g/mol. The fourth-order valence-electron chi connectivity index (χ4n) is 2.64. The molecular weight excluding hydrogens is 304 g/mol. The van der Waals surface area contributed by atoms with Crippen molar-refractivity contribution in [2.75, 3.05) is 11.9 Å². The van der Waals surface area contributed by atoms with Gasteiger partial charge in [0.15, 0.2) is 0 Å². The van der Waals surface area contributed by atoms with Gasteiger partial charge < -0.3 is 15.7 Å². The number of aromatic nitrogens is 2. The van der Waals surface area contributed by atoms with Crippen LogP contribution >= 0.6 is 0 Å². The molecule has 0 saturated carbocycles. The summed E-state index contributed by atoms with van der Waals surface area (Å²) in [6.07, 6.45) is 4.62. The number of anilines is 1. The number of aliphatic hydroxyl groups excluding tert-OH is 1. The van der Waals surface area contributed by atoms with Gasteiger partial charge in [0.05, 0.1) is 18.0 Å². The number of amides is 2. The molecule has 2 unspecified atom stereocenters. The Morgan fingerprint density at radius 1 is 1.33 bits per heavy atom. The summed E-state index contributed by atoms with van der Waals surface area (Å²) in [5.41, 5.74) is 1.78. The van der Waals surface area contributed by atoms with Crippen LogP contribution in [0.2, 0.25) is 0 Å². The molecule has 1 heterocycles. The molecule has 0 fully saturated rings. The molecule has 3 N–H and O–H groups in total. The quantitative estimate of drug-likeness (QED) is 0.696. The summed E-state index contributed by atoms with van der Waals surface area (Å²) in [6.45, 7) is 5.13. The van der Waals surface area contributed by atoms with Crippen molar-refractivity contribution in [1.82, 2.24) is 15.1 Å². The molecule has 2 amide bonds. The lowest BCUT2D eigenvalue weighted by Crippen LogP contribution is -2.33. The molecule has 0 aliphatic carbocycles. The third-order valence-electron chi connectivity index (χ3n) is 3.75. The summed E-state index contributed by atoms with van der Waals surface area (Å²) >= 11 is 0. The van der Waals surface area contributed by atoms with Crippen LogP contribution in [0, 0.1) is 0 Å². The molecule has 0 bridgehead atoms. The lowest BCUT2D eigenvalue weighted by atomic mass is 9.93. The van der Waals surface area contributed by atoms with E-state index < -0.39 is 6.10 Å². The van der Waals surface area contributed by atoms with Gasteiger partial charge in [-0.3, -0.25) is 4.68 Å². The first-order valence-electron chi connectivity index (χ1n) is 8.38. The van der Waals surface area contributed by atoms with Crippen LogP contribution in [0.3, 0.4) is 0 Å². The molecular formula is C18H26N4O2. The molecule has 24 heavy (non-hydrogen) atoms. The molecule has 130 valence electrons. The van der Waals surface area contributed by atoms with E-state index in [1.165, 1.54) is 0 Å². The van der Waals surface area contributed by atoms with Gasteiger partial charge in [-0.05, 0) is 25.3 Å². The maximum Gasteiger partial charge on any atom is 0.319 e. The van der Waals surface area contributed by atoms with Gasteiger partial charge in [-0.2, -0.15) is 5.10 Å². The predicted octanol–water partition coefficient (Wildman–Crippen LogP) is 2.97. The van der Waals surface area contributed by atoms with Crippen LogP contribution in [-0.2, 0) is 6.54 Å². The zero-order valence-corrected chi connectivity index (χ0v) is 14.3. The third-order valence-corrected chi connectivity index (χ3v) is 3.75. The number of benzene rings is 1. The van der Waals surface area contributed by atoms with Gasteiger partial charge in [0.2, 0.25) is 0 Å². The number of nitrogens with zero attached hydrogens (tertiary/aromatic N) is 2. The fourth-order valence-corrected chi connectivity index (χ4v) is 2.64. The molecule has 6 nitrogen and oxygen atoms in total. The molecule has 0 aliphatic rings. The van der Waals surface area contributed by atoms with E-state index in [9.17, 15) is 9.90 Å². The minimum absolute atomic E-state index is 0.0692. The highest BCUT2D eigenvalue weighted by Gasteiger charge is 2.15. The lowest BCUT2D eigenvalue weighted by Gasteiger charge is -2.19. The number of rotatable bonds is 8. The number of hydrogen-bond acceptors (Lipinski definition) is 3. The van der Waals surface area contributed by atoms with Crippen LogP contribution < -0.4 is 10.6 Å². The summed E-state index contributed by atoms with van der Waals surface area (Å²) in [6, 6.07) is 9.65. The van der Waals surface area contributed by atoms with Crippen molar-refractivity contribution in [1.29, 1.82) is 0 Å². The van der Waals surface area contributed by atoms with Crippen molar-refractivity contribution in [2.45, 2.75) is 45.3 Å². The van der Waals surface area contributed by atoms with Gasteiger partial charge >= 0.3 is 6.03 Å². The topological polar surface area (TPSA) is 79.2 Å². The van der Waals surface area contributed by atoms with Crippen molar-refractivity contribution in [2.24, 2.45) is 0 Å². The first-order chi connectivity index (χ1) is 11.6. The smallest absolute Gasteiger partial charge is 0.319 e. The molecule has 0 saturated heterocycles. The molecule has 0 aliphatic heterocycles. The van der Waals surface area contributed by atoms with Crippen molar-refractivity contribution in [3.8, 4) is 0 Å². The van der Waals surface area contributed by atoms with Crippen LogP contribution in [0.25, 0.3) is 0 Å². The van der Waals surface area contributed by atoms with E-state index in [0.29, 0.717) is 18.7 Å². The van der Waals surface area contributed by atoms with Crippen molar-refractivity contribution < 1.29 is 9.90 Å². The number of aliphatic hydroxyl groups is 1. The normalized spacial score (nSPS) is 13.3. The van der Waals surface area contributed by atoms with Crippen LogP contribution in [0.1, 0.15) is 38.2 Å². The summed E-state index contributed by atoms with van der Waals surface area (Å²) in [7, 11) is 0. The minimum atomic E-state index is -0.424. The van der Waals surface area contributed by atoms with Gasteiger partial charge in [-0.15, -0.1) is 0 Å². The SMILES string of the molecule is CCCn1cc(NC(=O)NCC(CC(C)O)c2ccccc2)cn1. The standard InChI is InChI=1S/C18H26N4O2/c1-3-9-22-13-17(12-20-22)21-18(24)19-11-16(10-14(2)23)15-7-5-4-6-8-15/h4-8,12-14,16,23H,3,9-11H2,1-2H3,(H2,19,21,24). The average Bonchev–Trinajstić information content (AvgIpc) is 2.99. The van der Waals surface area contributed by atoms with E-state index in [1.54, 1.807) is 17.8 Å². The van der Waals surface area contributed by atoms with Crippen LogP contribution in [0.15, 0.2) is 42.7 Å². The summed E-state index contributed by atoms with van der Waals surface area (Å²) < 4.78 is 1.80.